The van der Waals surface area contributed by atoms with E-state index in [1.807, 2.05) is 44.4 Å². The molecule has 3 aromatic carbocycles. The third-order valence-electron chi connectivity index (χ3n) is 6.35. The van der Waals surface area contributed by atoms with Crippen LogP contribution in [0.25, 0.3) is 10.9 Å². The molecular formula is C26H26N2O2S2. The highest BCUT2D eigenvalue weighted by Crippen LogP contribution is 2.41. The van der Waals surface area contributed by atoms with Crippen molar-refractivity contribution in [3.63, 3.8) is 0 Å². The first-order chi connectivity index (χ1) is 15.4. The van der Waals surface area contributed by atoms with Gasteiger partial charge in [-0.2, -0.15) is 4.31 Å². The number of aromatic amines is 1. The standard InChI is InChI=1S/C26H26N2O2S2/c1-17-8-9-18(2)24(16-17)32(29,30)28-15-14-22-21-6-4-5-7-23(21)27-25(22)26(28)19-10-12-20(31-3)13-11-19/h4-13,16,26-27H,14-15H2,1-3H3/t26-/m1/s1. The lowest BCUT2D eigenvalue weighted by Gasteiger charge is -2.35. The van der Waals surface area contributed by atoms with Crippen LogP contribution in [0.3, 0.4) is 0 Å². The number of sulfonamides is 1. The maximum absolute atomic E-state index is 14.0. The minimum absolute atomic E-state index is 0.391. The normalized spacial score (nSPS) is 16.9. The zero-order valence-electron chi connectivity index (χ0n) is 18.4. The van der Waals surface area contributed by atoms with Gasteiger partial charge in [0, 0.05) is 28.0 Å². The number of aryl methyl sites for hydroxylation is 2. The minimum atomic E-state index is -3.70. The van der Waals surface area contributed by atoms with E-state index in [1.165, 1.54) is 10.9 Å². The topological polar surface area (TPSA) is 53.2 Å². The zero-order chi connectivity index (χ0) is 22.5. The quantitative estimate of drug-likeness (QED) is 0.388. The molecule has 0 saturated carbocycles. The number of H-pyrrole nitrogens is 1. The largest absolute Gasteiger partial charge is 0.357 e. The summed E-state index contributed by atoms with van der Waals surface area (Å²) in [5.74, 6) is 0. The summed E-state index contributed by atoms with van der Waals surface area (Å²) in [5.41, 5.74) is 5.93. The number of nitrogens with zero attached hydrogens (tertiary/aromatic N) is 1. The van der Waals surface area contributed by atoms with Gasteiger partial charge in [-0.3, -0.25) is 0 Å². The van der Waals surface area contributed by atoms with E-state index < -0.39 is 16.1 Å². The summed E-state index contributed by atoms with van der Waals surface area (Å²) in [6.45, 7) is 4.25. The fourth-order valence-electron chi connectivity index (χ4n) is 4.71. The number of benzene rings is 3. The summed E-state index contributed by atoms with van der Waals surface area (Å²) in [4.78, 5) is 5.11. The molecule has 0 unspecified atom stereocenters. The Morgan fingerprint density at radius 2 is 1.75 bits per heavy atom. The average molecular weight is 463 g/mol. The Morgan fingerprint density at radius 3 is 2.50 bits per heavy atom. The number of thioether (sulfide) groups is 1. The van der Waals surface area contributed by atoms with Crippen molar-refractivity contribution in [3.8, 4) is 0 Å². The molecule has 0 saturated heterocycles. The van der Waals surface area contributed by atoms with Gasteiger partial charge in [-0.25, -0.2) is 8.42 Å². The molecule has 164 valence electrons. The molecular weight excluding hydrogens is 436 g/mol. The Balaban J connectivity index is 1.72. The first-order valence-corrected chi connectivity index (χ1v) is 13.4. The number of aromatic nitrogens is 1. The molecule has 5 rings (SSSR count). The molecule has 1 atom stereocenters. The average Bonchev–Trinajstić information content (AvgIpc) is 3.19. The van der Waals surface area contributed by atoms with Crippen LogP contribution >= 0.6 is 11.8 Å². The van der Waals surface area contributed by atoms with Gasteiger partial charge in [0.25, 0.3) is 0 Å². The van der Waals surface area contributed by atoms with Crippen LogP contribution in [0.4, 0.5) is 0 Å². The molecule has 0 bridgehead atoms. The van der Waals surface area contributed by atoms with E-state index in [0.29, 0.717) is 17.9 Å². The smallest absolute Gasteiger partial charge is 0.244 e. The van der Waals surface area contributed by atoms with Crippen molar-refractivity contribution in [1.29, 1.82) is 0 Å². The molecule has 1 N–H and O–H groups in total. The highest BCUT2D eigenvalue weighted by molar-refractivity contribution is 7.98. The SMILES string of the molecule is CSc1ccc([C@@H]2c3[nH]c4ccccc4c3CCN2S(=O)(=O)c2cc(C)ccc2C)cc1. The summed E-state index contributed by atoms with van der Waals surface area (Å²) in [7, 11) is -3.70. The van der Waals surface area contributed by atoms with Gasteiger partial charge < -0.3 is 4.98 Å². The molecule has 1 aliphatic heterocycles. The Labute approximate surface area is 193 Å². The Hall–Kier alpha value is -2.54. The Bertz CT molecular complexity index is 1410. The van der Waals surface area contributed by atoms with Gasteiger partial charge in [0.15, 0.2) is 0 Å². The minimum Gasteiger partial charge on any atom is -0.357 e. The number of rotatable bonds is 4. The number of para-hydroxylation sites is 1. The fourth-order valence-corrected chi connectivity index (χ4v) is 7.02. The number of hydrogen-bond acceptors (Lipinski definition) is 3. The van der Waals surface area contributed by atoms with Crippen LogP contribution in [0.1, 0.15) is 34.0 Å². The van der Waals surface area contributed by atoms with Crippen LogP contribution in [0, 0.1) is 13.8 Å². The van der Waals surface area contributed by atoms with Crippen molar-refractivity contribution >= 4 is 32.7 Å². The fraction of sp³-hybridized carbons (Fsp3) is 0.231. The summed E-state index contributed by atoms with van der Waals surface area (Å²) in [6, 6.07) is 21.7. The lowest BCUT2D eigenvalue weighted by Crippen LogP contribution is -2.40. The molecule has 32 heavy (non-hydrogen) atoms. The van der Waals surface area contributed by atoms with Crippen molar-refractivity contribution in [1.82, 2.24) is 9.29 Å². The highest BCUT2D eigenvalue weighted by atomic mass is 32.2. The van der Waals surface area contributed by atoms with Crippen LogP contribution < -0.4 is 0 Å². The van der Waals surface area contributed by atoms with Crippen LogP contribution in [0.15, 0.2) is 76.5 Å². The second kappa shape index (κ2) is 8.10. The maximum atomic E-state index is 14.0. The summed E-state index contributed by atoms with van der Waals surface area (Å²) in [5, 5.41) is 1.18. The van der Waals surface area contributed by atoms with Gasteiger partial charge in [-0.1, -0.05) is 42.5 Å². The van der Waals surface area contributed by atoms with E-state index in [1.54, 1.807) is 22.1 Å². The molecule has 4 aromatic rings. The van der Waals surface area contributed by atoms with E-state index in [0.717, 1.165) is 32.8 Å². The van der Waals surface area contributed by atoms with E-state index in [-0.39, 0.29) is 0 Å². The van der Waals surface area contributed by atoms with E-state index in [9.17, 15) is 8.42 Å². The Kier molecular flexibility index (Phi) is 5.40. The molecule has 1 aromatic heterocycles. The van der Waals surface area contributed by atoms with Crippen molar-refractivity contribution in [3.05, 3.63) is 94.7 Å². The summed E-state index contributed by atoms with van der Waals surface area (Å²) < 4.78 is 29.7. The molecule has 0 aliphatic carbocycles. The van der Waals surface area contributed by atoms with Crippen molar-refractivity contribution in [2.45, 2.75) is 36.1 Å². The van der Waals surface area contributed by atoms with E-state index >= 15 is 0 Å². The lowest BCUT2D eigenvalue weighted by molar-refractivity contribution is 0.340. The molecule has 0 fully saturated rings. The molecule has 2 heterocycles. The Morgan fingerprint density at radius 1 is 1.00 bits per heavy atom. The van der Waals surface area contributed by atoms with Gasteiger partial charge in [-0.15, -0.1) is 11.8 Å². The third-order valence-corrected chi connectivity index (χ3v) is 9.10. The van der Waals surface area contributed by atoms with Crippen LogP contribution in [0.5, 0.6) is 0 Å². The number of hydrogen-bond donors (Lipinski definition) is 1. The lowest BCUT2D eigenvalue weighted by atomic mass is 9.94. The third kappa shape index (κ3) is 3.47. The zero-order valence-corrected chi connectivity index (χ0v) is 20.1. The van der Waals surface area contributed by atoms with Gasteiger partial charge in [0.1, 0.15) is 0 Å². The van der Waals surface area contributed by atoms with Crippen molar-refractivity contribution in [2.75, 3.05) is 12.8 Å². The molecule has 4 nitrogen and oxygen atoms in total. The summed E-state index contributed by atoms with van der Waals surface area (Å²) >= 11 is 1.68. The van der Waals surface area contributed by atoms with Gasteiger partial charge in [-0.05, 0) is 73.0 Å². The molecule has 0 amide bonds. The van der Waals surface area contributed by atoms with E-state index in [4.69, 9.17) is 0 Å². The van der Waals surface area contributed by atoms with Gasteiger partial charge >= 0.3 is 0 Å². The van der Waals surface area contributed by atoms with Crippen molar-refractivity contribution in [2.24, 2.45) is 0 Å². The molecule has 1 aliphatic rings. The second-order valence-corrected chi connectivity index (χ2v) is 11.1. The van der Waals surface area contributed by atoms with Crippen LogP contribution in [-0.2, 0) is 16.4 Å². The monoisotopic (exact) mass is 462 g/mol. The van der Waals surface area contributed by atoms with Gasteiger partial charge in [0.05, 0.1) is 10.9 Å². The number of fused-ring (bicyclic) bond motifs is 3. The predicted octanol–water partition coefficient (Wildman–Crippen LogP) is 5.84. The predicted molar refractivity (Wildman–Crippen MR) is 132 cm³/mol. The first kappa shape index (κ1) is 21.3. The number of nitrogens with one attached hydrogen (secondary N) is 1. The van der Waals surface area contributed by atoms with Crippen LogP contribution in [0.2, 0.25) is 0 Å². The second-order valence-electron chi connectivity index (χ2n) is 8.37. The summed E-state index contributed by atoms with van der Waals surface area (Å²) in [6.07, 6.45) is 2.73. The van der Waals surface area contributed by atoms with Crippen LogP contribution in [-0.4, -0.2) is 30.5 Å². The molecule has 0 spiro atoms. The highest BCUT2D eigenvalue weighted by Gasteiger charge is 2.39. The maximum Gasteiger partial charge on any atom is 0.244 e. The molecule has 6 heteroatoms. The van der Waals surface area contributed by atoms with Crippen molar-refractivity contribution < 1.29 is 8.42 Å². The first-order valence-electron chi connectivity index (χ1n) is 10.7. The van der Waals surface area contributed by atoms with Gasteiger partial charge in [0.2, 0.25) is 10.0 Å². The van der Waals surface area contributed by atoms with E-state index in [2.05, 4.69) is 41.4 Å². The molecule has 0 radical (unpaired) electrons.